The van der Waals surface area contributed by atoms with Crippen LogP contribution in [0.25, 0.3) is 10.9 Å². The molecule has 6 rings (SSSR count). The molecule has 0 radical (unpaired) electrons. The number of imide groups is 1. The number of rotatable bonds is 5. The molecule has 2 aromatic carbocycles. The number of nitrogens with one attached hydrogen (secondary N) is 1. The monoisotopic (exact) mass is 667 g/mol. The van der Waals surface area contributed by atoms with E-state index >= 15 is 0 Å². The van der Waals surface area contributed by atoms with Gasteiger partial charge < -0.3 is 5.73 Å². The van der Waals surface area contributed by atoms with Crippen LogP contribution in [0.1, 0.15) is 63.0 Å². The second kappa shape index (κ2) is 13.3. The maximum Gasteiger partial charge on any atom is 0.329 e. The number of nitrogens with zero attached hydrogens (tertiary/aromatic N) is 5. The van der Waals surface area contributed by atoms with Crippen molar-refractivity contribution in [2.24, 2.45) is 12.8 Å². The molecule has 0 atom stereocenters. The first-order chi connectivity index (χ1) is 21.4. The lowest BCUT2D eigenvalue weighted by Gasteiger charge is -2.40. The molecule has 0 spiro atoms. The van der Waals surface area contributed by atoms with E-state index in [4.69, 9.17) is 5.73 Å². The topological polar surface area (TPSA) is 134 Å². The lowest BCUT2D eigenvalue weighted by molar-refractivity contribution is -0.120. The standard InChI is InChI=1S/C33H41N7O4S.ClH/c1-33(2,15-9-23-5-4-6-27(21-23)45(43,44)39-18-12-26(34)13-19-39)38-16-10-24(11-17-38)25-7-8-28-29(22-25)37(3)36-31(28)40-20-14-30(41)35-32(40)42;/h4-8,21-22,24,26H,10-14,16-20,34H2,1-3H3,(H,35,41,42);1H. The van der Waals surface area contributed by atoms with Crippen LogP contribution in [0.4, 0.5) is 10.6 Å². The third-order valence-electron chi connectivity index (χ3n) is 9.41. The van der Waals surface area contributed by atoms with Crippen LogP contribution in [0, 0.1) is 11.8 Å². The number of carbonyl (C=O) groups excluding carboxylic acids is 2. The first-order valence-electron chi connectivity index (χ1n) is 15.6. The van der Waals surface area contributed by atoms with Crippen molar-refractivity contribution in [3.05, 3.63) is 53.6 Å². The highest BCUT2D eigenvalue weighted by Gasteiger charge is 2.32. The number of urea groups is 1. The van der Waals surface area contributed by atoms with E-state index in [0.29, 0.717) is 49.8 Å². The van der Waals surface area contributed by atoms with Gasteiger partial charge in [-0.1, -0.05) is 24.0 Å². The average molecular weight is 668 g/mol. The predicted molar refractivity (Wildman–Crippen MR) is 180 cm³/mol. The first kappa shape index (κ1) is 33.9. The Hall–Kier alpha value is -3.47. The highest BCUT2D eigenvalue weighted by molar-refractivity contribution is 7.89. The van der Waals surface area contributed by atoms with Crippen LogP contribution >= 0.6 is 12.4 Å². The van der Waals surface area contributed by atoms with Gasteiger partial charge >= 0.3 is 6.03 Å². The van der Waals surface area contributed by atoms with E-state index in [9.17, 15) is 18.0 Å². The molecule has 13 heteroatoms. The second-order valence-electron chi connectivity index (χ2n) is 12.8. The lowest BCUT2D eigenvalue weighted by Crippen LogP contribution is -2.49. The Morgan fingerprint density at radius 3 is 2.39 bits per heavy atom. The Labute approximate surface area is 276 Å². The molecule has 3 N–H and O–H groups in total. The minimum Gasteiger partial charge on any atom is -0.328 e. The van der Waals surface area contributed by atoms with Gasteiger partial charge in [-0.3, -0.25) is 24.6 Å². The summed E-state index contributed by atoms with van der Waals surface area (Å²) in [6, 6.07) is 12.9. The maximum atomic E-state index is 13.2. The molecule has 0 bridgehead atoms. The molecule has 0 saturated carbocycles. The van der Waals surface area contributed by atoms with Gasteiger partial charge in [0.05, 0.1) is 16.0 Å². The highest BCUT2D eigenvalue weighted by Crippen LogP contribution is 2.35. The van der Waals surface area contributed by atoms with Crippen molar-refractivity contribution in [2.45, 2.75) is 68.3 Å². The third kappa shape index (κ3) is 6.80. The van der Waals surface area contributed by atoms with E-state index in [1.54, 1.807) is 22.9 Å². The van der Waals surface area contributed by atoms with Crippen molar-refractivity contribution in [3.8, 4) is 11.8 Å². The van der Waals surface area contributed by atoms with Gasteiger partial charge in [-0.15, -0.1) is 12.4 Å². The number of hydrogen-bond donors (Lipinski definition) is 2. The zero-order valence-electron chi connectivity index (χ0n) is 26.5. The Kier molecular flexibility index (Phi) is 9.82. The van der Waals surface area contributed by atoms with Gasteiger partial charge in [-0.2, -0.15) is 9.40 Å². The molecular weight excluding hydrogens is 626 g/mol. The largest absolute Gasteiger partial charge is 0.329 e. The van der Waals surface area contributed by atoms with Crippen LogP contribution in [0.15, 0.2) is 47.4 Å². The molecule has 3 fully saturated rings. The summed E-state index contributed by atoms with van der Waals surface area (Å²) in [6.45, 7) is 7.20. The van der Waals surface area contributed by atoms with Crippen LogP contribution < -0.4 is 16.0 Å². The molecule has 3 saturated heterocycles. The average Bonchev–Trinajstić information content (AvgIpc) is 3.35. The van der Waals surface area contributed by atoms with Crippen LogP contribution in [0.2, 0.25) is 0 Å². The van der Waals surface area contributed by atoms with Gasteiger partial charge in [0.15, 0.2) is 5.82 Å². The van der Waals surface area contributed by atoms with E-state index < -0.39 is 16.1 Å². The van der Waals surface area contributed by atoms with Crippen LogP contribution in [-0.4, -0.2) is 83.6 Å². The molecule has 4 heterocycles. The Morgan fingerprint density at radius 1 is 0.978 bits per heavy atom. The number of sulfonamides is 1. The third-order valence-corrected chi connectivity index (χ3v) is 11.3. The normalized spacial score (nSPS) is 19.4. The number of fused-ring (bicyclic) bond motifs is 1. The minimum atomic E-state index is -3.58. The number of anilines is 1. The smallest absolute Gasteiger partial charge is 0.328 e. The van der Waals surface area contributed by atoms with Gasteiger partial charge in [0, 0.05) is 63.2 Å². The maximum absolute atomic E-state index is 13.2. The van der Waals surface area contributed by atoms with E-state index in [1.165, 1.54) is 14.8 Å². The van der Waals surface area contributed by atoms with Crippen molar-refractivity contribution < 1.29 is 18.0 Å². The van der Waals surface area contributed by atoms with Gasteiger partial charge in [-0.05, 0) is 81.3 Å². The molecule has 3 aromatic rings. The summed E-state index contributed by atoms with van der Waals surface area (Å²) in [5.41, 5.74) is 8.46. The van der Waals surface area contributed by atoms with Crippen LogP contribution in [-0.2, 0) is 21.9 Å². The summed E-state index contributed by atoms with van der Waals surface area (Å²) >= 11 is 0. The van der Waals surface area contributed by atoms with Crippen LogP contribution in [0.3, 0.4) is 0 Å². The highest BCUT2D eigenvalue weighted by atomic mass is 35.5. The molecule has 11 nitrogen and oxygen atoms in total. The van der Waals surface area contributed by atoms with E-state index in [2.05, 4.69) is 53.1 Å². The summed E-state index contributed by atoms with van der Waals surface area (Å²) in [6.07, 6.45) is 3.55. The minimum absolute atomic E-state index is 0. The van der Waals surface area contributed by atoms with Gasteiger partial charge in [0.1, 0.15) is 0 Å². The number of halogens is 1. The number of piperidine rings is 2. The summed E-state index contributed by atoms with van der Waals surface area (Å²) in [5, 5.41) is 7.88. The van der Waals surface area contributed by atoms with Crippen molar-refractivity contribution in [3.63, 3.8) is 0 Å². The predicted octanol–water partition coefficient (Wildman–Crippen LogP) is 3.56. The number of likely N-dealkylation sites (tertiary alicyclic amines) is 1. The summed E-state index contributed by atoms with van der Waals surface area (Å²) < 4.78 is 29.8. The molecule has 246 valence electrons. The number of aromatic nitrogens is 2. The zero-order valence-corrected chi connectivity index (χ0v) is 28.2. The lowest BCUT2D eigenvalue weighted by atomic mass is 9.87. The van der Waals surface area contributed by atoms with Crippen molar-refractivity contribution in [2.75, 3.05) is 37.6 Å². The SMILES string of the molecule is Cl.Cn1nc(N2CCC(=O)NC2=O)c2ccc(C3CCN(C(C)(C)C#Cc4cccc(S(=O)(=O)N5CCC(N)CC5)c4)CC3)cc21. The fourth-order valence-corrected chi connectivity index (χ4v) is 8.07. The van der Waals surface area contributed by atoms with Gasteiger partial charge in [-0.25, -0.2) is 13.2 Å². The molecule has 3 aliphatic heterocycles. The number of amides is 3. The van der Waals surface area contributed by atoms with Crippen molar-refractivity contribution >= 4 is 51.1 Å². The Balaban J connectivity index is 0.00000417. The number of nitrogens with two attached hydrogens (primary N) is 1. The van der Waals surface area contributed by atoms with Crippen molar-refractivity contribution in [1.82, 2.24) is 24.3 Å². The molecule has 0 unspecified atom stereocenters. The number of aryl methyl sites for hydroxylation is 1. The Morgan fingerprint density at radius 2 is 1.70 bits per heavy atom. The fourth-order valence-electron chi connectivity index (χ4n) is 6.55. The number of benzene rings is 2. The van der Waals surface area contributed by atoms with E-state index in [1.807, 2.05) is 19.2 Å². The summed E-state index contributed by atoms with van der Waals surface area (Å²) in [5.74, 6) is 7.36. The van der Waals surface area contributed by atoms with E-state index in [-0.39, 0.29) is 41.2 Å². The molecule has 46 heavy (non-hydrogen) atoms. The van der Waals surface area contributed by atoms with Gasteiger partial charge in [0.2, 0.25) is 15.9 Å². The van der Waals surface area contributed by atoms with E-state index in [0.717, 1.165) is 36.8 Å². The van der Waals surface area contributed by atoms with Crippen molar-refractivity contribution in [1.29, 1.82) is 0 Å². The first-order valence-corrected chi connectivity index (χ1v) is 17.1. The molecule has 3 aliphatic rings. The summed E-state index contributed by atoms with van der Waals surface area (Å²) in [4.78, 5) is 28.2. The second-order valence-corrected chi connectivity index (χ2v) is 14.8. The molecule has 0 aliphatic carbocycles. The number of hydrogen-bond acceptors (Lipinski definition) is 7. The fraction of sp³-hybridized carbons (Fsp3) is 0.485. The van der Waals surface area contributed by atoms with Gasteiger partial charge in [0.25, 0.3) is 0 Å². The summed E-state index contributed by atoms with van der Waals surface area (Å²) in [7, 11) is -1.70. The van der Waals surface area contributed by atoms with Crippen LogP contribution in [0.5, 0.6) is 0 Å². The quantitative estimate of drug-likeness (QED) is 0.398. The molecule has 3 amide bonds. The molecule has 1 aromatic heterocycles. The zero-order chi connectivity index (χ0) is 31.9. The molecular formula is C33H42ClN7O4S. The Bertz CT molecular complexity index is 1800. The number of carbonyl (C=O) groups is 2.